The summed E-state index contributed by atoms with van der Waals surface area (Å²) in [6.07, 6.45) is -0.0291. The number of aliphatic hydroxyl groups excluding tert-OH is 4. The highest BCUT2D eigenvalue weighted by atomic mass is 16.3. The van der Waals surface area contributed by atoms with Crippen molar-refractivity contribution in [3.05, 3.63) is 0 Å². The summed E-state index contributed by atoms with van der Waals surface area (Å²) in [7, 11) is 0. The van der Waals surface area contributed by atoms with Gasteiger partial charge in [-0.25, -0.2) is 0 Å². The molecule has 6 nitrogen and oxygen atoms in total. The summed E-state index contributed by atoms with van der Waals surface area (Å²) in [5, 5.41) is 35.7. The molecule has 0 heterocycles. The van der Waals surface area contributed by atoms with Crippen LogP contribution in [0.25, 0.3) is 0 Å². The van der Waals surface area contributed by atoms with Crippen LogP contribution in [0, 0.1) is 0 Å². The van der Waals surface area contributed by atoms with Crippen LogP contribution >= 0.6 is 0 Å². The lowest BCUT2D eigenvalue weighted by atomic mass is 10.3. The standard InChI is InChI=1S/C10H24N2O4/c1-10(11(2-6-13)3-7-14)12(4-8-15)5-9-16/h10,13-16H,2-9H2,1H3. The Kier molecular flexibility index (Phi) is 9.80. The van der Waals surface area contributed by atoms with Crippen LogP contribution in [0.5, 0.6) is 0 Å². The fraction of sp³-hybridized carbons (Fsp3) is 1.00. The lowest BCUT2D eigenvalue weighted by Gasteiger charge is -2.36. The highest BCUT2D eigenvalue weighted by Gasteiger charge is 2.19. The van der Waals surface area contributed by atoms with Crippen molar-refractivity contribution in [3.63, 3.8) is 0 Å². The maximum atomic E-state index is 8.91. The summed E-state index contributed by atoms with van der Waals surface area (Å²) in [4.78, 5) is 3.82. The van der Waals surface area contributed by atoms with Crippen LogP contribution in [0.1, 0.15) is 6.92 Å². The summed E-state index contributed by atoms with van der Waals surface area (Å²) in [5.74, 6) is 0. The third kappa shape index (κ3) is 5.74. The van der Waals surface area contributed by atoms with Gasteiger partial charge in [-0.3, -0.25) is 9.80 Å². The number of rotatable bonds is 10. The Hall–Kier alpha value is -0.240. The smallest absolute Gasteiger partial charge is 0.0596 e. The molecule has 0 saturated carbocycles. The van der Waals surface area contributed by atoms with E-state index >= 15 is 0 Å². The molecule has 0 bridgehead atoms. The first-order valence-corrected chi connectivity index (χ1v) is 5.62. The summed E-state index contributed by atoms with van der Waals surface area (Å²) in [6.45, 7) is 3.89. The molecule has 0 aromatic carbocycles. The zero-order valence-corrected chi connectivity index (χ0v) is 9.92. The van der Waals surface area contributed by atoms with E-state index in [1.165, 1.54) is 0 Å². The molecular formula is C10H24N2O4. The Labute approximate surface area is 96.7 Å². The lowest BCUT2D eigenvalue weighted by Crippen LogP contribution is -2.50. The minimum atomic E-state index is -0.0291. The molecule has 4 N–H and O–H groups in total. The average molecular weight is 236 g/mol. The van der Waals surface area contributed by atoms with E-state index in [4.69, 9.17) is 20.4 Å². The molecule has 0 aromatic heterocycles. The fourth-order valence-corrected chi connectivity index (χ4v) is 1.72. The van der Waals surface area contributed by atoms with Crippen molar-refractivity contribution in [2.24, 2.45) is 0 Å². The van der Waals surface area contributed by atoms with E-state index in [2.05, 4.69) is 0 Å². The van der Waals surface area contributed by atoms with Crippen molar-refractivity contribution in [1.82, 2.24) is 9.80 Å². The van der Waals surface area contributed by atoms with E-state index in [9.17, 15) is 0 Å². The highest BCUT2D eigenvalue weighted by molar-refractivity contribution is 4.69. The summed E-state index contributed by atoms with van der Waals surface area (Å²) < 4.78 is 0. The molecule has 0 radical (unpaired) electrons. The Bertz CT molecular complexity index is 132. The van der Waals surface area contributed by atoms with E-state index in [1.807, 2.05) is 16.7 Å². The number of nitrogens with zero attached hydrogens (tertiary/aromatic N) is 2. The lowest BCUT2D eigenvalue weighted by molar-refractivity contribution is 0.0139. The molecule has 0 saturated heterocycles. The van der Waals surface area contributed by atoms with Crippen LogP contribution in [-0.2, 0) is 0 Å². The van der Waals surface area contributed by atoms with Gasteiger partial charge >= 0.3 is 0 Å². The van der Waals surface area contributed by atoms with Gasteiger partial charge in [0.25, 0.3) is 0 Å². The third-order valence-corrected chi connectivity index (χ3v) is 2.61. The minimum Gasteiger partial charge on any atom is -0.395 e. The molecule has 0 spiro atoms. The molecule has 0 aliphatic heterocycles. The highest BCUT2D eigenvalue weighted by Crippen LogP contribution is 2.04. The normalized spacial score (nSPS) is 12.0. The average Bonchev–Trinajstić information content (AvgIpc) is 2.27. The van der Waals surface area contributed by atoms with Crippen molar-refractivity contribution in [1.29, 1.82) is 0 Å². The monoisotopic (exact) mass is 236 g/mol. The van der Waals surface area contributed by atoms with Crippen LogP contribution < -0.4 is 0 Å². The van der Waals surface area contributed by atoms with Crippen molar-refractivity contribution in [2.75, 3.05) is 52.6 Å². The van der Waals surface area contributed by atoms with E-state index in [-0.39, 0.29) is 32.6 Å². The van der Waals surface area contributed by atoms with Gasteiger partial charge in [0.2, 0.25) is 0 Å². The van der Waals surface area contributed by atoms with Gasteiger partial charge in [0.1, 0.15) is 0 Å². The van der Waals surface area contributed by atoms with E-state index in [0.29, 0.717) is 26.2 Å². The quantitative estimate of drug-likeness (QED) is 0.325. The molecule has 0 rings (SSSR count). The molecule has 0 aliphatic carbocycles. The molecule has 0 aromatic rings. The van der Waals surface area contributed by atoms with Gasteiger partial charge in [-0.1, -0.05) is 0 Å². The zero-order valence-electron chi connectivity index (χ0n) is 9.92. The van der Waals surface area contributed by atoms with Crippen LogP contribution in [0.3, 0.4) is 0 Å². The first-order chi connectivity index (χ1) is 7.71. The second-order valence-corrected chi connectivity index (χ2v) is 3.60. The second-order valence-electron chi connectivity index (χ2n) is 3.60. The Balaban J connectivity index is 4.31. The fourth-order valence-electron chi connectivity index (χ4n) is 1.72. The van der Waals surface area contributed by atoms with Gasteiger partial charge in [-0.15, -0.1) is 0 Å². The molecule has 6 heteroatoms. The number of aliphatic hydroxyl groups is 4. The predicted octanol–water partition coefficient (Wildman–Crippen LogP) is -2.09. The molecule has 0 unspecified atom stereocenters. The molecular weight excluding hydrogens is 212 g/mol. The Morgan fingerprint density at radius 2 is 0.938 bits per heavy atom. The molecule has 0 amide bonds. The second kappa shape index (κ2) is 9.95. The molecule has 0 aliphatic rings. The zero-order chi connectivity index (χ0) is 12.4. The van der Waals surface area contributed by atoms with Gasteiger partial charge in [-0.2, -0.15) is 0 Å². The van der Waals surface area contributed by atoms with Gasteiger partial charge in [0, 0.05) is 26.2 Å². The molecule has 0 atom stereocenters. The van der Waals surface area contributed by atoms with Crippen molar-refractivity contribution in [3.8, 4) is 0 Å². The first-order valence-electron chi connectivity index (χ1n) is 5.62. The molecule has 16 heavy (non-hydrogen) atoms. The SMILES string of the molecule is CC(N(CCO)CCO)N(CCO)CCO. The van der Waals surface area contributed by atoms with Crippen LogP contribution in [0.15, 0.2) is 0 Å². The van der Waals surface area contributed by atoms with Crippen LogP contribution in [0.2, 0.25) is 0 Å². The third-order valence-electron chi connectivity index (χ3n) is 2.61. The Morgan fingerprint density at radius 3 is 1.12 bits per heavy atom. The van der Waals surface area contributed by atoms with Gasteiger partial charge in [-0.05, 0) is 6.92 Å². The number of hydrogen-bond acceptors (Lipinski definition) is 6. The van der Waals surface area contributed by atoms with Crippen molar-refractivity contribution < 1.29 is 20.4 Å². The maximum Gasteiger partial charge on any atom is 0.0596 e. The maximum absolute atomic E-state index is 8.91. The summed E-state index contributed by atoms with van der Waals surface area (Å²) in [6, 6.07) is 0. The van der Waals surface area contributed by atoms with Crippen LogP contribution in [0.4, 0.5) is 0 Å². The Morgan fingerprint density at radius 1 is 0.688 bits per heavy atom. The molecule has 98 valence electrons. The van der Waals surface area contributed by atoms with Crippen molar-refractivity contribution in [2.45, 2.75) is 13.1 Å². The predicted molar refractivity (Wildman–Crippen MR) is 61.0 cm³/mol. The van der Waals surface area contributed by atoms with Gasteiger partial charge in [0.15, 0.2) is 0 Å². The topological polar surface area (TPSA) is 87.4 Å². The van der Waals surface area contributed by atoms with Crippen LogP contribution in [-0.4, -0.2) is 89.0 Å². The summed E-state index contributed by atoms with van der Waals surface area (Å²) in [5.41, 5.74) is 0. The number of hydrogen-bond donors (Lipinski definition) is 4. The van der Waals surface area contributed by atoms with Gasteiger partial charge < -0.3 is 20.4 Å². The van der Waals surface area contributed by atoms with Crippen molar-refractivity contribution >= 4 is 0 Å². The summed E-state index contributed by atoms with van der Waals surface area (Å²) >= 11 is 0. The van der Waals surface area contributed by atoms with Gasteiger partial charge in [0.05, 0.1) is 32.6 Å². The van der Waals surface area contributed by atoms with E-state index in [1.54, 1.807) is 0 Å². The minimum absolute atomic E-state index is 0.0242. The largest absolute Gasteiger partial charge is 0.395 e. The van der Waals surface area contributed by atoms with E-state index < -0.39 is 0 Å². The molecule has 0 fully saturated rings. The van der Waals surface area contributed by atoms with E-state index in [0.717, 1.165) is 0 Å². The first kappa shape index (κ1) is 15.8.